The van der Waals surface area contributed by atoms with Gasteiger partial charge in [-0.15, -0.1) is 13.2 Å². The summed E-state index contributed by atoms with van der Waals surface area (Å²) in [4.78, 5) is 14.3. The zero-order valence-electron chi connectivity index (χ0n) is 16.2. The van der Waals surface area contributed by atoms with Gasteiger partial charge in [0.15, 0.2) is 0 Å². The normalized spacial score (nSPS) is 16.0. The van der Waals surface area contributed by atoms with E-state index in [2.05, 4.69) is 4.74 Å². The number of nitrogens with zero attached hydrogens (tertiary/aromatic N) is 1. The van der Waals surface area contributed by atoms with Gasteiger partial charge in [-0.05, 0) is 73.7 Å². The van der Waals surface area contributed by atoms with Gasteiger partial charge in [0.05, 0.1) is 7.11 Å². The molecule has 0 bridgehead atoms. The van der Waals surface area contributed by atoms with Crippen LogP contribution in [0.1, 0.15) is 24.5 Å². The lowest BCUT2D eigenvalue weighted by molar-refractivity contribution is -0.274. The highest BCUT2D eigenvalue weighted by Gasteiger charge is 2.31. The molecule has 3 rings (SSSR count). The van der Waals surface area contributed by atoms with Gasteiger partial charge in [0, 0.05) is 12.6 Å². The van der Waals surface area contributed by atoms with Crippen LogP contribution in [0, 0.1) is 0 Å². The summed E-state index contributed by atoms with van der Waals surface area (Å²) in [7, 11) is 1.63. The molecule has 0 heterocycles. The number of halogens is 3. The third kappa shape index (κ3) is 5.34. The summed E-state index contributed by atoms with van der Waals surface area (Å²) in [5.41, 5.74) is 2.38. The van der Waals surface area contributed by atoms with Gasteiger partial charge in [-0.2, -0.15) is 0 Å². The summed E-state index contributed by atoms with van der Waals surface area (Å²) in [6.07, 6.45) is -2.97. The number of likely N-dealkylation sites (N-methyl/N-ethyl adjacent to an activating group) is 1. The van der Waals surface area contributed by atoms with Crippen LogP contribution in [0.2, 0.25) is 0 Å². The average Bonchev–Trinajstić information content (AvgIpc) is 2.68. The number of aryl methyl sites for hydroxylation is 1. The predicted molar refractivity (Wildman–Crippen MR) is 100 cm³/mol. The summed E-state index contributed by atoms with van der Waals surface area (Å²) >= 11 is 0. The smallest absolute Gasteiger partial charge is 0.497 e. The minimum atomic E-state index is -4.77. The molecule has 0 aromatic heterocycles. The molecule has 0 saturated heterocycles. The Bertz CT molecular complexity index is 852. The fourth-order valence-corrected chi connectivity index (χ4v) is 3.51. The fourth-order valence-electron chi connectivity index (χ4n) is 3.51. The molecule has 156 valence electrons. The highest BCUT2D eigenvalue weighted by atomic mass is 19.4. The lowest BCUT2D eigenvalue weighted by atomic mass is 9.87. The van der Waals surface area contributed by atoms with Crippen LogP contribution in [0.5, 0.6) is 17.2 Å². The first-order valence-electron chi connectivity index (χ1n) is 9.29. The number of rotatable bonds is 5. The van der Waals surface area contributed by atoms with E-state index in [1.54, 1.807) is 12.0 Å². The van der Waals surface area contributed by atoms with Crippen LogP contribution in [-0.2, 0) is 12.8 Å². The maximum Gasteiger partial charge on any atom is 0.573 e. The van der Waals surface area contributed by atoms with Gasteiger partial charge >= 0.3 is 12.5 Å². The molecule has 0 saturated carbocycles. The number of amides is 1. The number of alkyl halides is 3. The molecule has 0 spiro atoms. The van der Waals surface area contributed by atoms with Crippen LogP contribution in [0.4, 0.5) is 18.0 Å². The zero-order valence-corrected chi connectivity index (χ0v) is 16.2. The molecule has 0 radical (unpaired) electrons. The van der Waals surface area contributed by atoms with E-state index >= 15 is 0 Å². The number of fused-ring (bicyclic) bond motifs is 1. The largest absolute Gasteiger partial charge is 0.573 e. The van der Waals surface area contributed by atoms with E-state index in [0.717, 1.165) is 30.7 Å². The second-order valence-corrected chi connectivity index (χ2v) is 6.70. The van der Waals surface area contributed by atoms with Crippen LogP contribution < -0.4 is 14.2 Å². The van der Waals surface area contributed by atoms with Crippen molar-refractivity contribution in [3.63, 3.8) is 0 Å². The highest BCUT2D eigenvalue weighted by molar-refractivity contribution is 5.71. The molecule has 29 heavy (non-hydrogen) atoms. The third-order valence-electron chi connectivity index (χ3n) is 4.89. The Labute approximate surface area is 167 Å². The van der Waals surface area contributed by atoms with Crippen LogP contribution in [-0.4, -0.2) is 37.1 Å². The first-order chi connectivity index (χ1) is 13.8. The second-order valence-electron chi connectivity index (χ2n) is 6.70. The van der Waals surface area contributed by atoms with E-state index in [4.69, 9.17) is 9.47 Å². The summed E-state index contributed by atoms with van der Waals surface area (Å²) in [5.74, 6) is 0.597. The number of carbonyl (C=O) groups excluding carboxylic acids is 1. The maximum atomic E-state index is 12.6. The van der Waals surface area contributed by atoms with E-state index in [1.807, 2.05) is 25.1 Å². The first kappa shape index (κ1) is 20.8. The standard InChI is InChI=1S/C21H22F3NO4/c1-3-25(16-6-4-15-13-19(27-2)7-5-14(15)12-16)20(26)28-17-8-10-18(11-9-17)29-21(22,23)24/h5,7-11,13,16H,3-4,6,12H2,1-2H3. The number of carbonyl (C=O) groups is 1. The first-order valence-corrected chi connectivity index (χ1v) is 9.29. The van der Waals surface area contributed by atoms with Crippen molar-refractivity contribution in [2.45, 2.75) is 38.6 Å². The average molecular weight is 409 g/mol. The summed E-state index contributed by atoms with van der Waals surface area (Å²) in [6.45, 7) is 2.33. The molecular formula is C21H22F3NO4. The van der Waals surface area contributed by atoms with Crippen molar-refractivity contribution in [3.8, 4) is 17.2 Å². The van der Waals surface area contributed by atoms with Gasteiger partial charge < -0.3 is 19.1 Å². The van der Waals surface area contributed by atoms with E-state index in [1.165, 1.54) is 23.3 Å². The fraction of sp³-hybridized carbons (Fsp3) is 0.381. The quantitative estimate of drug-likeness (QED) is 0.700. The van der Waals surface area contributed by atoms with E-state index < -0.39 is 12.5 Å². The monoisotopic (exact) mass is 409 g/mol. The van der Waals surface area contributed by atoms with Gasteiger partial charge in [0.25, 0.3) is 0 Å². The summed E-state index contributed by atoms with van der Waals surface area (Å²) in [5, 5.41) is 0. The molecule has 1 unspecified atom stereocenters. The molecule has 1 amide bonds. The van der Waals surface area contributed by atoms with Crippen molar-refractivity contribution in [2.75, 3.05) is 13.7 Å². The predicted octanol–water partition coefficient (Wildman–Crippen LogP) is 4.97. The number of hydrogen-bond acceptors (Lipinski definition) is 4. The molecule has 8 heteroatoms. The summed E-state index contributed by atoms with van der Waals surface area (Å²) < 4.78 is 51.1. The number of methoxy groups -OCH3 is 1. The van der Waals surface area contributed by atoms with Crippen LogP contribution in [0.15, 0.2) is 42.5 Å². The molecule has 1 aliphatic rings. The molecule has 2 aromatic rings. The Morgan fingerprint density at radius 2 is 1.72 bits per heavy atom. The van der Waals surface area contributed by atoms with Gasteiger partial charge in [0.2, 0.25) is 0 Å². The SMILES string of the molecule is CCN(C(=O)Oc1ccc(OC(F)(F)F)cc1)C1CCc2cc(OC)ccc2C1. The zero-order chi connectivity index (χ0) is 21.0. The second kappa shape index (κ2) is 8.63. The lowest BCUT2D eigenvalue weighted by Gasteiger charge is -2.33. The number of ether oxygens (including phenoxy) is 3. The topological polar surface area (TPSA) is 48.0 Å². The molecule has 0 aliphatic heterocycles. The third-order valence-corrected chi connectivity index (χ3v) is 4.89. The van der Waals surface area contributed by atoms with Crippen molar-refractivity contribution >= 4 is 6.09 Å². The van der Waals surface area contributed by atoms with Crippen molar-refractivity contribution < 1.29 is 32.2 Å². The lowest BCUT2D eigenvalue weighted by Crippen LogP contribution is -2.44. The minimum absolute atomic E-state index is 0.0127. The van der Waals surface area contributed by atoms with Gasteiger partial charge in [-0.3, -0.25) is 0 Å². The van der Waals surface area contributed by atoms with Crippen molar-refractivity contribution in [1.82, 2.24) is 4.90 Å². The number of hydrogen-bond donors (Lipinski definition) is 0. The van der Waals surface area contributed by atoms with E-state index in [-0.39, 0.29) is 17.5 Å². The molecule has 2 aromatic carbocycles. The van der Waals surface area contributed by atoms with Crippen LogP contribution in [0.25, 0.3) is 0 Å². The maximum absolute atomic E-state index is 12.6. The Balaban J connectivity index is 1.64. The Kier molecular flexibility index (Phi) is 6.20. The number of benzene rings is 2. The van der Waals surface area contributed by atoms with Crippen molar-refractivity contribution in [1.29, 1.82) is 0 Å². The Morgan fingerprint density at radius 1 is 1.07 bits per heavy atom. The summed E-state index contributed by atoms with van der Waals surface area (Å²) in [6, 6.07) is 10.7. The molecule has 5 nitrogen and oxygen atoms in total. The van der Waals surface area contributed by atoms with Gasteiger partial charge in [-0.1, -0.05) is 6.07 Å². The van der Waals surface area contributed by atoms with Crippen molar-refractivity contribution in [2.24, 2.45) is 0 Å². The van der Waals surface area contributed by atoms with Crippen LogP contribution >= 0.6 is 0 Å². The van der Waals surface area contributed by atoms with Gasteiger partial charge in [0.1, 0.15) is 17.2 Å². The van der Waals surface area contributed by atoms with Gasteiger partial charge in [-0.25, -0.2) is 4.79 Å². The molecule has 1 aliphatic carbocycles. The Hall–Kier alpha value is -2.90. The minimum Gasteiger partial charge on any atom is -0.497 e. The van der Waals surface area contributed by atoms with Crippen molar-refractivity contribution in [3.05, 3.63) is 53.6 Å². The molecule has 0 N–H and O–H groups in total. The highest BCUT2D eigenvalue weighted by Crippen LogP contribution is 2.29. The molecular weight excluding hydrogens is 387 g/mol. The van der Waals surface area contributed by atoms with E-state index in [9.17, 15) is 18.0 Å². The Morgan fingerprint density at radius 3 is 2.34 bits per heavy atom. The van der Waals surface area contributed by atoms with Crippen LogP contribution in [0.3, 0.4) is 0 Å². The van der Waals surface area contributed by atoms with E-state index in [0.29, 0.717) is 13.0 Å². The molecule has 0 fully saturated rings. The molecule has 1 atom stereocenters.